The first kappa shape index (κ1) is 16.3. The smallest absolute Gasteiger partial charge is 0.331 e. The molecule has 0 spiro atoms. The first-order valence-corrected chi connectivity index (χ1v) is 7.41. The number of carbonyl (C=O) groups excluding carboxylic acids is 1. The molecule has 0 saturated carbocycles. The van der Waals surface area contributed by atoms with Gasteiger partial charge in [0.1, 0.15) is 11.8 Å². The van der Waals surface area contributed by atoms with Crippen LogP contribution in [0.5, 0.6) is 0 Å². The highest BCUT2D eigenvalue weighted by molar-refractivity contribution is 6.07. The van der Waals surface area contributed by atoms with Crippen LogP contribution in [0.25, 0.3) is 0 Å². The largest absolute Gasteiger partial charge is 0.394 e. The summed E-state index contributed by atoms with van der Waals surface area (Å²) in [6.07, 6.45) is -2.78. The van der Waals surface area contributed by atoms with Crippen molar-refractivity contribution in [1.82, 2.24) is 9.55 Å². The van der Waals surface area contributed by atoms with E-state index in [0.29, 0.717) is 5.56 Å². The molecule has 1 fully saturated rings. The molecule has 1 aliphatic heterocycles. The van der Waals surface area contributed by atoms with Gasteiger partial charge < -0.3 is 14.9 Å². The monoisotopic (exact) mass is 332 g/mol. The van der Waals surface area contributed by atoms with Gasteiger partial charge in [-0.15, -0.1) is 0 Å². The lowest BCUT2D eigenvalue weighted by molar-refractivity contribution is -0.0538. The van der Waals surface area contributed by atoms with Crippen molar-refractivity contribution in [3.05, 3.63) is 68.5 Å². The first-order chi connectivity index (χ1) is 11.5. The Morgan fingerprint density at radius 2 is 2.00 bits per heavy atom. The van der Waals surface area contributed by atoms with Gasteiger partial charge in [-0.25, -0.2) is 4.79 Å². The van der Waals surface area contributed by atoms with E-state index in [-0.39, 0.29) is 18.7 Å². The molecule has 1 aromatic heterocycles. The van der Waals surface area contributed by atoms with Crippen molar-refractivity contribution in [2.75, 3.05) is 6.61 Å². The molecule has 1 aliphatic rings. The lowest BCUT2D eigenvalue weighted by Gasteiger charge is -2.20. The Hall–Kier alpha value is -2.55. The van der Waals surface area contributed by atoms with Gasteiger partial charge in [-0.1, -0.05) is 30.3 Å². The maximum atomic E-state index is 12.7. The van der Waals surface area contributed by atoms with Gasteiger partial charge in [-0.3, -0.25) is 19.1 Å². The number of H-pyrrole nitrogens is 1. The second-order valence-corrected chi connectivity index (χ2v) is 5.52. The Morgan fingerprint density at radius 1 is 1.29 bits per heavy atom. The minimum Gasteiger partial charge on any atom is -0.394 e. The summed E-state index contributed by atoms with van der Waals surface area (Å²) >= 11 is 0. The normalized spacial score (nSPS) is 23.3. The average Bonchev–Trinajstić information content (AvgIpc) is 2.95. The Balaban J connectivity index is 2.12. The van der Waals surface area contributed by atoms with Gasteiger partial charge in [-0.2, -0.15) is 0 Å². The van der Waals surface area contributed by atoms with Crippen molar-refractivity contribution in [3.8, 4) is 0 Å². The molecule has 0 bridgehead atoms. The van der Waals surface area contributed by atoms with E-state index < -0.39 is 35.5 Å². The number of rotatable bonds is 4. The number of aliphatic hydroxyl groups excluding tert-OH is 2. The fourth-order valence-corrected chi connectivity index (χ4v) is 2.75. The zero-order chi connectivity index (χ0) is 17.3. The van der Waals surface area contributed by atoms with Gasteiger partial charge in [0.2, 0.25) is 5.78 Å². The number of hydrogen-bond acceptors (Lipinski definition) is 6. The van der Waals surface area contributed by atoms with Crippen molar-refractivity contribution >= 4 is 5.78 Å². The predicted octanol–water partition coefficient (Wildman–Crippen LogP) is -0.592. The summed E-state index contributed by atoms with van der Waals surface area (Å²) in [5, 5.41) is 19.3. The van der Waals surface area contributed by atoms with Gasteiger partial charge in [0.15, 0.2) is 6.23 Å². The van der Waals surface area contributed by atoms with E-state index >= 15 is 0 Å². The first-order valence-electron chi connectivity index (χ1n) is 7.41. The van der Waals surface area contributed by atoms with E-state index in [1.807, 2.05) is 0 Å². The minimum atomic E-state index is -1.16. The van der Waals surface area contributed by atoms with Crippen LogP contribution in [0.4, 0.5) is 0 Å². The number of ether oxygens (including phenoxy) is 1. The van der Waals surface area contributed by atoms with E-state index in [4.69, 9.17) is 4.74 Å². The van der Waals surface area contributed by atoms with E-state index in [0.717, 1.165) is 10.6 Å². The number of ketones is 1. The fourth-order valence-electron chi connectivity index (χ4n) is 2.75. The van der Waals surface area contributed by atoms with Crippen LogP contribution in [-0.4, -0.2) is 44.4 Å². The summed E-state index contributed by atoms with van der Waals surface area (Å²) < 4.78 is 6.37. The standard InChI is InChI=1S/C16H16N2O6/c19-8-10-6-12(20)15(24-10)18-11(7-13(21)17-16(18)23)14(22)9-4-2-1-3-5-9/h1-5,7,10,12,15,19-20H,6,8H2,(H,17,21,23)/t10-,12+,15+/m0/s1. The third-order valence-electron chi connectivity index (χ3n) is 3.87. The molecule has 3 atom stereocenters. The molecule has 8 nitrogen and oxygen atoms in total. The molecule has 2 aromatic rings. The van der Waals surface area contributed by atoms with Crippen molar-refractivity contribution in [2.45, 2.75) is 24.9 Å². The molecule has 1 saturated heterocycles. The highest BCUT2D eigenvalue weighted by Crippen LogP contribution is 2.28. The molecule has 0 aliphatic carbocycles. The third kappa shape index (κ3) is 2.94. The molecular weight excluding hydrogens is 316 g/mol. The summed E-state index contributed by atoms with van der Waals surface area (Å²) in [5.74, 6) is -0.540. The number of nitrogens with one attached hydrogen (secondary N) is 1. The van der Waals surface area contributed by atoms with Crippen molar-refractivity contribution in [1.29, 1.82) is 0 Å². The summed E-state index contributed by atoms with van der Waals surface area (Å²) in [7, 11) is 0. The van der Waals surface area contributed by atoms with E-state index in [9.17, 15) is 24.6 Å². The molecule has 0 unspecified atom stereocenters. The topological polar surface area (TPSA) is 122 Å². The SMILES string of the molecule is O=C(c1ccccc1)c1cc(=O)[nH]c(=O)n1[C@@H]1O[C@H](CO)C[C@H]1O. The third-order valence-corrected chi connectivity index (χ3v) is 3.87. The molecule has 3 N–H and O–H groups in total. The molecule has 126 valence electrons. The highest BCUT2D eigenvalue weighted by atomic mass is 16.5. The van der Waals surface area contributed by atoms with Gasteiger partial charge in [0.05, 0.1) is 12.7 Å². The fraction of sp³-hybridized carbons (Fsp3) is 0.312. The second kappa shape index (κ2) is 6.52. The molecule has 1 aromatic carbocycles. The average molecular weight is 332 g/mol. The Bertz CT molecular complexity index is 857. The maximum Gasteiger partial charge on any atom is 0.331 e. The van der Waals surface area contributed by atoms with Crippen LogP contribution in [0.2, 0.25) is 0 Å². The Labute approximate surface area is 136 Å². The quantitative estimate of drug-likeness (QED) is 0.643. The van der Waals surface area contributed by atoms with Crippen LogP contribution in [0.15, 0.2) is 46.0 Å². The lowest BCUT2D eigenvalue weighted by Crippen LogP contribution is -2.39. The zero-order valence-corrected chi connectivity index (χ0v) is 12.6. The molecular formula is C16H16N2O6. The Morgan fingerprint density at radius 3 is 2.62 bits per heavy atom. The predicted molar refractivity (Wildman–Crippen MR) is 82.8 cm³/mol. The molecule has 0 radical (unpaired) electrons. The number of carbonyl (C=O) groups is 1. The van der Waals surface area contributed by atoms with Crippen LogP contribution < -0.4 is 11.2 Å². The van der Waals surface area contributed by atoms with Crippen molar-refractivity contribution in [2.24, 2.45) is 0 Å². The molecule has 24 heavy (non-hydrogen) atoms. The number of nitrogens with zero attached hydrogens (tertiary/aromatic N) is 1. The summed E-state index contributed by atoms with van der Waals surface area (Å²) in [6.45, 7) is -0.326. The van der Waals surface area contributed by atoms with Gasteiger partial charge in [0, 0.05) is 18.1 Å². The summed E-state index contributed by atoms with van der Waals surface area (Å²) in [4.78, 5) is 38.6. The van der Waals surface area contributed by atoms with Gasteiger partial charge in [-0.05, 0) is 0 Å². The zero-order valence-electron chi connectivity index (χ0n) is 12.6. The number of hydrogen-bond donors (Lipinski definition) is 3. The molecule has 8 heteroatoms. The van der Waals surface area contributed by atoms with Crippen molar-refractivity contribution < 1.29 is 19.7 Å². The minimum absolute atomic E-state index is 0.117. The second-order valence-electron chi connectivity index (χ2n) is 5.52. The van der Waals surface area contributed by atoms with Crippen molar-refractivity contribution in [3.63, 3.8) is 0 Å². The summed E-state index contributed by atoms with van der Waals surface area (Å²) in [6, 6.07) is 9.16. The van der Waals surface area contributed by atoms with Gasteiger partial charge in [0.25, 0.3) is 5.56 Å². The number of aromatic nitrogens is 2. The van der Waals surface area contributed by atoms with Crippen LogP contribution in [0, 0.1) is 0 Å². The van der Waals surface area contributed by atoms with E-state index in [1.54, 1.807) is 30.3 Å². The summed E-state index contributed by atoms with van der Waals surface area (Å²) in [5.41, 5.74) is -1.47. The van der Waals surface area contributed by atoms with Crippen LogP contribution in [0.3, 0.4) is 0 Å². The molecule has 0 amide bonds. The highest BCUT2D eigenvalue weighted by Gasteiger charge is 2.37. The van der Waals surface area contributed by atoms with E-state index in [1.165, 1.54) is 0 Å². The van der Waals surface area contributed by atoms with Crippen LogP contribution in [0.1, 0.15) is 28.7 Å². The molecule has 2 heterocycles. The maximum absolute atomic E-state index is 12.7. The lowest BCUT2D eigenvalue weighted by atomic mass is 10.1. The van der Waals surface area contributed by atoms with E-state index in [2.05, 4.69) is 4.98 Å². The van der Waals surface area contributed by atoms with Gasteiger partial charge >= 0.3 is 5.69 Å². The number of aromatic amines is 1. The number of aliphatic hydroxyl groups is 2. The Kier molecular flexibility index (Phi) is 4.43. The number of benzene rings is 1. The van der Waals surface area contributed by atoms with Crippen LogP contribution in [-0.2, 0) is 4.74 Å². The molecule has 3 rings (SSSR count). The van der Waals surface area contributed by atoms with Crippen LogP contribution >= 0.6 is 0 Å².